The third kappa shape index (κ3) is 3.65. The molecule has 0 aliphatic heterocycles. The first kappa shape index (κ1) is 13.3. The van der Waals surface area contributed by atoms with Gasteiger partial charge in [0.1, 0.15) is 5.75 Å². The molecule has 17 heavy (non-hydrogen) atoms. The van der Waals surface area contributed by atoms with E-state index < -0.39 is 12.1 Å². The van der Waals surface area contributed by atoms with Gasteiger partial charge >= 0.3 is 12.1 Å². The van der Waals surface area contributed by atoms with Crippen molar-refractivity contribution in [3.63, 3.8) is 0 Å². The fourth-order valence-electron chi connectivity index (χ4n) is 1.19. The Morgan fingerprint density at radius 2 is 2.06 bits per heavy atom. The molecule has 0 heterocycles. The largest absolute Gasteiger partial charge is 0.494 e. The Kier molecular flexibility index (Phi) is 3.98. The molecule has 0 spiro atoms. The summed E-state index contributed by atoms with van der Waals surface area (Å²) in [4.78, 5) is 10.8. The average molecular weight is 247 g/mol. The van der Waals surface area contributed by atoms with E-state index >= 15 is 0 Å². The number of hydrogen-bond acceptors (Lipinski definition) is 2. The highest BCUT2D eigenvalue weighted by molar-refractivity contribution is 5.95. The van der Waals surface area contributed by atoms with Crippen molar-refractivity contribution >= 4 is 11.6 Å². The molecule has 0 aliphatic carbocycles. The minimum absolute atomic E-state index is 0.0956. The molecule has 3 nitrogen and oxygen atoms in total. The van der Waals surface area contributed by atoms with Gasteiger partial charge in [0.25, 0.3) is 0 Å². The summed E-state index contributed by atoms with van der Waals surface area (Å²) in [5.74, 6) is -1.58. The zero-order valence-electron chi connectivity index (χ0n) is 9.39. The maximum absolute atomic E-state index is 12.1. The lowest BCUT2D eigenvalue weighted by atomic mass is 10.2. The Morgan fingerprint density at radius 1 is 1.41 bits per heavy atom. The van der Waals surface area contributed by atoms with E-state index in [0.29, 0.717) is 17.9 Å². The molecule has 0 fully saturated rings. The summed E-state index contributed by atoms with van der Waals surface area (Å²) < 4.78 is 41.4. The number of benzene rings is 1. The van der Waals surface area contributed by atoms with Gasteiger partial charge in [0.05, 0.1) is 6.61 Å². The van der Waals surface area contributed by atoms with Crippen molar-refractivity contribution in [3.8, 4) is 5.75 Å². The van der Waals surface area contributed by atoms with Crippen LogP contribution >= 0.6 is 0 Å². The van der Waals surface area contributed by atoms with Gasteiger partial charge in [0.2, 0.25) is 0 Å². The molecule has 94 valence electrons. The van der Waals surface area contributed by atoms with E-state index in [9.17, 15) is 18.0 Å². The molecule has 1 rings (SSSR count). The number of rotatable bonds is 3. The Morgan fingerprint density at radius 3 is 2.59 bits per heavy atom. The number of anilines is 1. The van der Waals surface area contributed by atoms with Crippen LogP contribution in [0, 0.1) is 6.92 Å². The Bertz CT molecular complexity index is 416. The van der Waals surface area contributed by atoms with Crippen molar-refractivity contribution in [3.05, 3.63) is 23.8 Å². The summed E-state index contributed by atoms with van der Waals surface area (Å²) in [6.45, 7) is 3.76. The molecular formula is C11H12F3NO2. The number of amides is 1. The van der Waals surface area contributed by atoms with E-state index in [4.69, 9.17) is 4.74 Å². The van der Waals surface area contributed by atoms with Crippen LogP contribution in [0.2, 0.25) is 0 Å². The molecule has 1 N–H and O–H groups in total. The molecule has 6 heteroatoms. The second kappa shape index (κ2) is 5.07. The average Bonchev–Trinajstić information content (AvgIpc) is 2.22. The van der Waals surface area contributed by atoms with Crippen LogP contribution in [0.25, 0.3) is 0 Å². The van der Waals surface area contributed by atoms with E-state index in [0.717, 1.165) is 0 Å². The SMILES string of the molecule is CCOc1ccc(C)c(NC(=O)C(F)(F)F)c1. The first-order valence-electron chi connectivity index (χ1n) is 4.96. The van der Waals surface area contributed by atoms with E-state index in [2.05, 4.69) is 0 Å². The molecule has 0 radical (unpaired) electrons. The van der Waals surface area contributed by atoms with Gasteiger partial charge in [-0.3, -0.25) is 4.79 Å². The van der Waals surface area contributed by atoms with E-state index in [1.54, 1.807) is 31.3 Å². The first-order chi connectivity index (χ1) is 7.84. The molecule has 0 unspecified atom stereocenters. The quantitative estimate of drug-likeness (QED) is 0.891. The summed E-state index contributed by atoms with van der Waals surface area (Å²) in [6.07, 6.45) is -4.89. The number of carbonyl (C=O) groups is 1. The zero-order valence-corrected chi connectivity index (χ0v) is 9.39. The van der Waals surface area contributed by atoms with Gasteiger partial charge in [-0.25, -0.2) is 0 Å². The molecule has 0 saturated carbocycles. The number of halogens is 3. The fraction of sp³-hybridized carbons (Fsp3) is 0.364. The molecule has 1 aromatic carbocycles. The highest BCUT2D eigenvalue weighted by Crippen LogP contribution is 2.24. The minimum atomic E-state index is -4.89. The van der Waals surface area contributed by atoms with Crippen LogP contribution in [0.5, 0.6) is 5.75 Å². The van der Waals surface area contributed by atoms with Gasteiger partial charge in [-0.15, -0.1) is 0 Å². The second-order valence-electron chi connectivity index (χ2n) is 3.36. The van der Waals surface area contributed by atoms with Gasteiger partial charge in [0.15, 0.2) is 0 Å². The van der Waals surface area contributed by atoms with Crippen LogP contribution < -0.4 is 10.1 Å². The summed E-state index contributed by atoms with van der Waals surface area (Å²) in [5.41, 5.74) is 0.629. The minimum Gasteiger partial charge on any atom is -0.494 e. The molecule has 0 aromatic heterocycles. The first-order valence-corrected chi connectivity index (χ1v) is 4.96. The van der Waals surface area contributed by atoms with Crippen molar-refractivity contribution in [1.82, 2.24) is 0 Å². The maximum atomic E-state index is 12.1. The van der Waals surface area contributed by atoms with E-state index in [1.807, 2.05) is 0 Å². The monoisotopic (exact) mass is 247 g/mol. The van der Waals surface area contributed by atoms with Crippen LogP contribution in [0.3, 0.4) is 0 Å². The fourth-order valence-corrected chi connectivity index (χ4v) is 1.19. The summed E-state index contributed by atoms with van der Waals surface area (Å²) in [6, 6.07) is 4.57. The van der Waals surface area contributed by atoms with Gasteiger partial charge in [-0.2, -0.15) is 13.2 Å². The normalized spacial score (nSPS) is 11.1. The molecule has 0 aliphatic rings. The molecule has 1 amide bonds. The smallest absolute Gasteiger partial charge is 0.471 e. The van der Waals surface area contributed by atoms with Crippen molar-refractivity contribution in [2.45, 2.75) is 20.0 Å². The van der Waals surface area contributed by atoms with Gasteiger partial charge in [0, 0.05) is 11.8 Å². The van der Waals surface area contributed by atoms with Gasteiger partial charge < -0.3 is 10.1 Å². The third-order valence-corrected chi connectivity index (χ3v) is 2.03. The molecule has 0 atom stereocenters. The number of aryl methyl sites for hydroxylation is 1. The highest BCUT2D eigenvalue weighted by atomic mass is 19.4. The molecule has 0 saturated heterocycles. The zero-order chi connectivity index (χ0) is 13.1. The Labute approximate surface area is 96.6 Å². The molecule has 1 aromatic rings. The number of ether oxygens (including phenoxy) is 1. The van der Waals surface area contributed by atoms with Crippen molar-refractivity contribution in [1.29, 1.82) is 0 Å². The Balaban J connectivity index is 2.90. The summed E-state index contributed by atoms with van der Waals surface area (Å²) >= 11 is 0. The van der Waals surface area contributed by atoms with Crippen molar-refractivity contribution in [2.24, 2.45) is 0 Å². The number of hydrogen-bond donors (Lipinski definition) is 1. The third-order valence-electron chi connectivity index (χ3n) is 2.03. The van der Waals surface area contributed by atoms with Crippen LogP contribution in [0.4, 0.5) is 18.9 Å². The second-order valence-corrected chi connectivity index (χ2v) is 3.36. The maximum Gasteiger partial charge on any atom is 0.471 e. The highest BCUT2D eigenvalue weighted by Gasteiger charge is 2.38. The predicted molar refractivity (Wildman–Crippen MR) is 57.0 cm³/mol. The van der Waals surface area contributed by atoms with E-state index in [1.165, 1.54) is 6.07 Å². The van der Waals surface area contributed by atoms with Gasteiger partial charge in [-0.1, -0.05) is 6.07 Å². The van der Waals surface area contributed by atoms with Crippen LogP contribution in [0.15, 0.2) is 18.2 Å². The van der Waals surface area contributed by atoms with E-state index in [-0.39, 0.29) is 5.69 Å². The van der Waals surface area contributed by atoms with Crippen molar-refractivity contribution in [2.75, 3.05) is 11.9 Å². The predicted octanol–water partition coefficient (Wildman–Crippen LogP) is 2.89. The van der Waals surface area contributed by atoms with Crippen molar-refractivity contribution < 1.29 is 22.7 Å². The topological polar surface area (TPSA) is 38.3 Å². The lowest BCUT2D eigenvalue weighted by Gasteiger charge is -2.12. The van der Waals surface area contributed by atoms with Crippen LogP contribution in [0.1, 0.15) is 12.5 Å². The standard InChI is InChI=1S/C11H12F3NO2/c1-3-17-8-5-4-7(2)9(6-8)15-10(16)11(12,13)14/h4-6H,3H2,1-2H3,(H,15,16). The number of carbonyl (C=O) groups excluding carboxylic acids is 1. The lowest BCUT2D eigenvalue weighted by molar-refractivity contribution is -0.167. The lowest BCUT2D eigenvalue weighted by Crippen LogP contribution is -2.30. The number of nitrogens with one attached hydrogen (secondary N) is 1. The number of alkyl halides is 3. The molecule has 0 bridgehead atoms. The van der Waals surface area contributed by atoms with Gasteiger partial charge in [-0.05, 0) is 25.5 Å². The Hall–Kier alpha value is -1.72. The summed E-state index contributed by atoms with van der Waals surface area (Å²) in [7, 11) is 0. The van der Waals surface area contributed by atoms with Crippen LogP contribution in [-0.2, 0) is 4.79 Å². The summed E-state index contributed by atoms with van der Waals surface area (Å²) in [5, 5.41) is 1.81. The van der Waals surface area contributed by atoms with Crippen LogP contribution in [-0.4, -0.2) is 18.7 Å². The molecular weight excluding hydrogens is 235 g/mol.